The summed E-state index contributed by atoms with van der Waals surface area (Å²) in [7, 11) is 0. The summed E-state index contributed by atoms with van der Waals surface area (Å²) in [5.74, 6) is 0.803. The molecule has 3 fully saturated rings. The van der Waals surface area contributed by atoms with Gasteiger partial charge in [0.1, 0.15) is 12.7 Å². The van der Waals surface area contributed by atoms with Gasteiger partial charge in [0.15, 0.2) is 0 Å². The van der Waals surface area contributed by atoms with E-state index in [1.807, 2.05) is 0 Å². The van der Waals surface area contributed by atoms with Gasteiger partial charge in [-0.3, -0.25) is 0 Å². The van der Waals surface area contributed by atoms with Crippen molar-refractivity contribution >= 4 is 5.71 Å². The Bertz CT molecular complexity index is 333. The summed E-state index contributed by atoms with van der Waals surface area (Å²) in [6, 6.07) is 0. The first-order chi connectivity index (χ1) is 7.54. The molecule has 1 heterocycles. The molecule has 2 aliphatic carbocycles. The summed E-state index contributed by atoms with van der Waals surface area (Å²) in [4.78, 5) is 5.42. The molecule has 3 atom stereocenters. The largest absolute Gasteiger partial charge is 0.393 e. The normalized spacial score (nSPS) is 46.3. The zero-order valence-electron chi connectivity index (χ0n) is 10.5. The fourth-order valence-electron chi connectivity index (χ4n) is 3.43. The second-order valence-corrected chi connectivity index (χ2v) is 6.28. The van der Waals surface area contributed by atoms with Gasteiger partial charge in [0, 0.05) is 5.41 Å². The van der Waals surface area contributed by atoms with E-state index in [1.165, 1.54) is 18.6 Å². The molecule has 0 aromatic rings. The highest BCUT2D eigenvalue weighted by Gasteiger charge is 2.60. The first kappa shape index (κ1) is 10.6. The van der Waals surface area contributed by atoms with Crippen molar-refractivity contribution in [2.75, 3.05) is 13.2 Å². The van der Waals surface area contributed by atoms with Crippen LogP contribution in [0, 0.1) is 16.7 Å². The molecule has 3 nitrogen and oxygen atoms in total. The molecule has 3 aliphatic rings. The Hall–Kier alpha value is -0.570. The summed E-state index contributed by atoms with van der Waals surface area (Å²) >= 11 is 0. The molecule has 0 aromatic carbocycles. The van der Waals surface area contributed by atoms with Crippen LogP contribution in [0.4, 0.5) is 0 Å². The monoisotopic (exact) mass is 223 g/mol. The lowest BCUT2D eigenvalue weighted by Gasteiger charge is -2.34. The Morgan fingerprint density at radius 2 is 2.19 bits per heavy atom. The van der Waals surface area contributed by atoms with E-state index in [4.69, 9.17) is 9.57 Å². The Kier molecular flexibility index (Phi) is 2.13. The molecule has 0 spiro atoms. The number of fused-ring (bicyclic) bond motifs is 2. The Morgan fingerprint density at radius 1 is 1.44 bits per heavy atom. The Balaban J connectivity index is 1.72. The number of epoxide rings is 1. The van der Waals surface area contributed by atoms with E-state index in [0.717, 1.165) is 18.9 Å². The van der Waals surface area contributed by atoms with Gasteiger partial charge < -0.3 is 9.57 Å². The molecule has 1 unspecified atom stereocenters. The number of hydrogen-bond donors (Lipinski definition) is 0. The van der Waals surface area contributed by atoms with Crippen LogP contribution in [-0.2, 0) is 9.57 Å². The van der Waals surface area contributed by atoms with Crippen LogP contribution in [0.1, 0.15) is 40.0 Å². The maximum absolute atomic E-state index is 5.42. The molecule has 16 heavy (non-hydrogen) atoms. The van der Waals surface area contributed by atoms with Crippen molar-refractivity contribution in [2.24, 2.45) is 21.9 Å². The van der Waals surface area contributed by atoms with E-state index in [1.54, 1.807) is 0 Å². The van der Waals surface area contributed by atoms with Crippen LogP contribution in [0.5, 0.6) is 0 Å². The van der Waals surface area contributed by atoms with E-state index in [-0.39, 0.29) is 5.41 Å². The topological polar surface area (TPSA) is 34.1 Å². The molecular formula is C13H21NO2. The Morgan fingerprint density at radius 3 is 2.69 bits per heavy atom. The fraction of sp³-hybridized carbons (Fsp3) is 0.923. The highest BCUT2D eigenvalue weighted by atomic mass is 16.7. The molecule has 0 N–H and O–H groups in total. The number of rotatable bonds is 3. The maximum atomic E-state index is 5.42. The quantitative estimate of drug-likeness (QED) is 0.544. The van der Waals surface area contributed by atoms with E-state index in [9.17, 15) is 0 Å². The van der Waals surface area contributed by atoms with Gasteiger partial charge in [-0.05, 0) is 30.6 Å². The third-order valence-electron chi connectivity index (χ3n) is 5.35. The van der Waals surface area contributed by atoms with Crippen LogP contribution in [0.25, 0.3) is 0 Å². The van der Waals surface area contributed by atoms with Crippen molar-refractivity contribution in [3.8, 4) is 0 Å². The molecule has 0 amide bonds. The van der Waals surface area contributed by atoms with Crippen molar-refractivity contribution in [3.63, 3.8) is 0 Å². The molecule has 0 radical (unpaired) electrons. The average Bonchev–Trinajstić information content (AvgIpc) is 2.98. The predicted molar refractivity (Wildman–Crippen MR) is 62.4 cm³/mol. The fourth-order valence-corrected chi connectivity index (χ4v) is 3.43. The van der Waals surface area contributed by atoms with Crippen molar-refractivity contribution in [1.82, 2.24) is 0 Å². The summed E-state index contributed by atoms with van der Waals surface area (Å²) in [5, 5.41) is 4.39. The minimum Gasteiger partial charge on any atom is -0.393 e. The zero-order valence-corrected chi connectivity index (χ0v) is 10.5. The lowest BCUT2D eigenvalue weighted by atomic mass is 9.70. The first-order valence-electron chi connectivity index (χ1n) is 6.35. The second-order valence-electron chi connectivity index (χ2n) is 6.28. The molecule has 1 saturated heterocycles. The third-order valence-corrected chi connectivity index (χ3v) is 5.35. The smallest absolute Gasteiger partial charge is 0.145 e. The van der Waals surface area contributed by atoms with Crippen LogP contribution in [0.2, 0.25) is 0 Å². The SMILES string of the molecule is CC1(C)[C@@H]2CC[C@@]1(C)C(=NOCC1CO1)C2. The molecule has 0 aromatic heterocycles. The highest BCUT2D eigenvalue weighted by molar-refractivity contribution is 5.93. The van der Waals surface area contributed by atoms with E-state index in [0.29, 0.717) is 18.1 Å². The molecule has 1 aliphatic heterocycles. The van der Waals surface area contributed by atoms with Crippen molar-refractivity contribution < 1.29 is 9.57 Å². The second kappa shape index (κ2) is 3.22. The predicted octanol–water partition coefficient (Wildman–Crippen LogP) is 2.60. The van der Waals surface area contributed by atoms with E-state index in [2.05, 4.69) is 25.9 Å². The van der Waals surface area contributed by atoms with Gasteiger partial charge >= 0.3 is 0 Å². The number of hydrogen-bond acceptors (Lipinski definition) is 3. The van der Waals surface area contributed by atoms with Gasteiger partial charge in [-0.15, -0.1) is 0 Å². The van der Waals surface area contributed by atoms with Crippen molar-refractivity contribution in [3.05, 3.63) is 0 Å². The standard InChI is InChI=1S/C13H21NO2/c1-12(2)9-4-5-13(12,3)11(6-9)14-16-8-10-7-15-10/h9-10H,4-8H2,1-3H3/t9-,10?,13+/m1/s1. The van der Waals surface area contributed by atoms with Crippen LogP contribution < -0.4 is 0 Å². The van der Waals surface area contributed by atoms with Crippen LogP contribution >= 0.6 is 0 Å². The number of ether oxygens (including phenoxy) is 1. The molecular weight excluding hydrogens is 202 g/mol. The van der Waals surface area contributed by atoms with Crippen molar-refractivity contribution in [1.29, 1.82) is 0 Å². The number of nitrogens with zero attached hydrogens (tertiary/aromatic N) is 1. The summed E-state index contributed by atoms with van der Waals surface area (Å²) in [6.45, 7) is 8.60. The van der Waals surface area contributed by atoms with Crippen LogP contribution in [0.15, 0.2) is 5.16 Å². The molecule has 90 valence electrons. The molecule has 2 bridgehead atoms. The summed E-state index contributed by atoms with van der Waals surface area (Å²) in [5.41, 5.74) is 1.95. The van der Waals surface area contributed by atoms with Gasteiger partial charge in [-0.25, -0.2) is 0 Å². The zero-order chi connectivity index (χ0) is 11.4. The Labute approximate surface area is 97.2 Å². The van der Waals surface area contributed by atoms with Crippen LogP contribution in [-0.4, -0.2) is 25.0 Å². The minimum absolute atomic E-state index is 0.266. The molecule has 3 rings (SSSR count). The van der Waals surface area contributed by atoms with E-state index < -0.39 is 0 Å². The first-order valence-corrected chi connectivity index (χ1v) is 6.35. The third kappa shape index (κ3) is 1.33. The van der Waals surface area contributed by atoms with Crippen molar-refractivity contribution in [2.45, 2.75) is 46.1 Å². The molecule has 2 saturated carbocycles. The minimum atomic E-state index is 0.266. The summed E-state index contributed by atoms with van der Waals surface area (Å²) < 4.78 is 5.11. The maximum Gasteiger partial charge on any atom is 0.145 e. The highest BCUT2D eigenvalue weighted by Crippen LogP contribution is 2.63. The number of oxime groups is 1. The summed E-state index contributed by atoms with van der Waals surface area (Å²) in [6.07, 6.45) is 4.07. The van der Waals surface area contributed by atoms with Crippen LogP contribution in [0.3, 0.4) is 0 Å². The van der Waals surface area contributed by atoms with Gasteiger partial charge in [0.25, 0.3) is 0 Å². The van der Waals surface area contributed by atoms with Gasteiger partial charge in [-0.2, -0.15) is 0 Å². The average molecular weight is 223 g/mol. The van der Waals surface area contributed by atoms with Gasteiger partial charge in [0.05, 0.1) is 12.3 Å². The van der Waals surface area contributed by atoms with E-state index >= 15 is 0 Å². The lowest BCUT2D eigenvalue weighted by molar-refractivity contribution is 0.118. The van der Waals surface area contributed by atoms with Gasteiger partial charge in [-0.1, -0.05) is 25.9 Å². The lowest BCUT2D eigenvalue weighted by Crippen LogP contribution is -2.32. The molecule has 3 heteroatoms. The van der Waals surface area contributed by atoms with Gasteiger partial charge in [0.2, 0.25) is 0 Å².